The van der Waals surface area contributed by atoms with Gasteiger partial charge in [0.2, 0.25) is 0 Å². The average molecular weight is 385 g/mol. The summed E-state index contributed by atoms with van der Waals surface area (Å²) in [6, 6.07) is 1.49. The first-order valence-corrected chi connectivity index (χ1v) is 11.4. The molecule has 1 aliphatic heterocycles. The van der Waals surface area contributed by atoms with Crippen LogP contribution in [0.2, 0.25) is 18.1 Å². The van der Waals surface area contributed by atoms with Gasteiger partial charge in [0, 0.05) is 12.6 Å². The van der Waals surface area contributed by atoms with Gasteiger partial charge < -0.3 is 25.2 Å². The first-order chi connectivity index (χ1) is 12.0. The number of nitrogens with zero attached hydrogens (tertiary/aromatic N) is 3. The van der Waals surface area contributed by atoms with E-state index in [4.69, 9.17) is 20.1 Å². The molecular formula is C16H28N4O5Si. The zero-order chi connectivity index (χ0) is 19.8. The number of ether oxygens (including phenoxy) is 1. The van der Waals surface area contributed by atoms with Crippen LogP contribution >= 0.6 is 0 Å². The van der Waals surface area contributed by atoms with Crippen molar-refractivity contribution < 1.29 is 19.5 Å². The van der Waals surface area contributed by atoms with E-state index in [1.54, 1.807) is 0 Å². The van der Waals surface area contributed by atoms with Crippen molar-refractivity contribution in [2.45, 2.75) is 63.3 Å². The fourth-order valence-corrected chi connectivity index (χ4v) is 4.01. The Morgan fingerprint density at radius 3 is 2.73 bits per heavy atom. The SMILES string of the molecule is CC(C)(C)[Si](C)(C)OC1C[C@H](n2ccc(N)nc2=O)O[C@]1(C=NO)CO. The van der Waals surface area contributed by atoms with Crippen LogP contribution in [-0.4, -0.2) is 52.7 Å². The summed E-state index contributed by atoms with van der Waals surface area (Å²) in [5.74, 6) is 0.115. The first-order valence-electron chi connectivity index (χ1n) is 8.45. The minimum Gasteiger partial charge on any atom is -0.411 e. The second kappa shape index (κ2) is 7.10. The van der Waals surface area contributed by atoms with E-state index in [0.29, 0.717) is 6.42 Å². The molecule has 2 heterocycles. The molecule has 1 aromatic heterocycles. The van der Waals surface area contributed by atoms with Gasteiger partial charge in [-0.05, 0) is 24.2 Å². The third kappa shape index (κ3) is 3.82. The molecule has 1 fully saturated rings. The summed E-state index contributed by atoms with van der Waals surface area (Å²) in [5, 5.41) is 22.1. The molecular weight excluding hydrogens is 356 g/mol. The van der Waals surface area contributed by atoms with E-state index in [2.05, 4.69) is 44.0 Å². The number of hydrogen-bond donors (Lipinski definition) is 3. The van der Waals surface area contributed by atoms with Gasteiger partial charge in [0.05, 0.1) is 18.9 Å². The van der Waals surface area contributed by atoms with Gasteiger partial charge >= 0.3 is 5.69 Å². The molecule has 0 spiro atoms. The number of hydrogen-bond acceptors (Lipinski definition) is 8. The zero-order valence-corrected chi connectivity index (χ0v) is 16.8. The van der Waals surface area contributed by atoms with Crippen LogP contribution in [0.1, 0.15) is 33.4 Å². The maximum atomic E-state index is 12.1. The molecule has 0 bridgehead atoms. The second-order valence-corrected chi connectivity index (χ2v) is 12.8. The third-order valence-corrected chi connectivity index (χ3v) is 9.73. The molecule has 146 valence electrons. The van der Waals surface area contributed by atoms with Crippen LogP contribution < -0.4 is 11.4 Å². The minimum atomic E-state index is -2.21. The van der Waals surface area contributed by atoms with Crippen molar-refractivity contribution in [2.75, 3.05) is 12.3 Å². The molecule has 0 saturated carbocycles. The number of rotatable bonds is 5. The smallest absolute Gasteiger partial charge is 0.351 e. The molecule has 2 rings (SSSR count). The minimum absolute atomic E-state index is 0.0672. The van der Waals surface area contributed by atoms with Crippen LogP contribution in [0, 0.1) is 0 Å². The Bertz CT molecular complexity index is 730. The van der Waals surface area contributed by atoms with E-state index < -0.39 is 38.5 Å². The fraction of sp³-hybridized carbons (Fsp3) is 0.688. The summed E-state index contributed by atoms with van der Waals surface area (Å²) in [6.07, 6.45) is 1.60. The topological polar surface area (TPSA) is 132 Å². The van der Waals surface area contributed by atoms with Crippen LogP contribution in [0.25, 0.3) is 0 Å². The molecule has 1 unspecified atom stereocenters. The van der Waals surface area contributed by atoms with E-state index in [-0.39, 0.29) is 10.9 Å². The lowest BCUT2D eigenvalue weighted by Gasteiger charge is -2.41. The molecule has 3 atom stereocenters. The molecule has 26 heavy (non-hydrogen) atoms. The van der Waals surface area contributed by atoms with Gasteiger partial charge in [-0.3, -0.25) is 4.57 Å². The van der Waals surface area contributed by atoms with E-state index >= 15 is 0 Å². The Morgan fingerprint density at radius 2 is 2.23 bits per heavy atom. The van der Waals surface area contributed by atoms with Crippen molar-refractivity contribution >= 4 is 20.3 Å². The van der Waals surface area contributed by atoms with E-state index in [9.17, 15) is 9.90 Å². The number of aliphatic hydroxyl groups is 1. The van der Waals surface area contributed by atoms with Crippen molar-refractivity contribution in [1.82, 2.24) is 9.55 Å². The van der Waals surface area contributed by atoms with Gasteiger partial charge in [0.1, 0.15) is 12.0 Å². The largest absolute Gasteiger partial charge is 0.411 e. The number of aromatic nitrogens is 2. The highest BCUT2D eigenvalue weighted by Crippen LogP contribution is 2.43. The quantitative estimate of drug-likeness (QED) is 0.302. The molecule has 4 N–H and O–H groups in total. The maximum Gasteiger partial charge on any atom is 0.351 e. The highest BCUT2D eigenvalue weighted by molar-refractivity contribution is 6.74. The van der Waals surface area contributed by atoms with Crippen LogP contribution in [-0.2, 0) is 9.16 Å². The van der Waals surface area contributed by atoms with Crippen LogP contribution in [0.5, 0.6) is 0 Å². The molecule has 1 aliphatic rings. The van der Waals surface area contributed by atoms with Crippen molar-refractivity contribution in [3.8, 4) is 0 Å². The van der Waals surface area contributed by atoms with Gasteiger partial charge in [-0.2, -0.15) is 4.98 Å². The fourth-order valence-electron chi connectivity index (χ4n) is 2.65. The predicted octanol–water partition coefficient (Wildman–Crippen LogP) is 1.33. The molecule has 0 aromatic carbocycles. The van der Waals surface area contributed by atoms with Gasteiger partial charge in [0.25, 0.3) is 0 Å². The zero-order valence-electron chi connectivity index (χ0n) is 15.8. The average Bonchev–Trinajstić information content (AvgIpc) is 2.84. The van der Waals surface area contributed by atoms with E-state index in [1.807, 2.05) is 0 Å². The summed E-state index contributed by atoms with van der Waals surface area (Å²) in [4.78, 5) is 15.9. The standard InChI is InChI=1S/C16H28N4O5Si/c1-15(2,3)26(4,5)25-11-8-13(24-16(11,10-21)9-18-23)20-7-6-12(17)19-14(20)22/h6-7,9,11,13,21,23H,8,10H2,1-5H3,(H2,17,19,22)/t11?,13-,16-/m1/s1. The monoisotopic (exact) mass is 384 g/mol. The number of aliphatic hydroxyl groups excluding tert-OH is 1. The molecule has 0 amide bonds. The van der Waals surface area contributed by atoms with Crippen LogP contribution in [0.15, 0.2) is 22.2 Å². The molecule has 0 aliphatic carbocycles. The molecule has 9 nitrogen and oxygen atoms in total. The summed E-state index contributed by atoms with van der Waals surface area (Å²) in [5.41, 5.74) is 3.62. The molecule has 10 heteroatoms. The number of anilines is 1. The Morgan fingerprint density at radius 1 is 1.58 bits per heavy atom. The molecule has 1 aromatic rings. The summed E-state index contributed by atoms with van der Waals surface area (Å²) >= 11 is 0. The van der Waals surface area contributed by atoms with Crippen LogP contribution in [0.4, 0.5) is 5.82 Å². The normalized spacial score (nSPS) is 27.3. The number of oxime groups is 1. The Hall–Kier alpha value is -1.75. The van der Waals surface area contributed by atoms with Crippen molar-refractivity contribution in [1.29, 1.82) is 0 Å². The number of nitrogen functional groups attached to an aromatic ring is 1. The summed E-state index contributed by atoms with van der Waals surface area (Å²) in [6.45, 7) is 10.00. The van der Waals surface area contributed by atoms with Crippen LogP contribution in [0.3, 0.4) is 0 Å². The highest BCUT2D eigenvalue weighted by Gasteiger charge is 2.53. The lowest BCUT2D eigenvalue weighted by molar-refractivity contribution is -0.0801. The van der Waals surface area contributed by atoms with Crippen molar-refractivity contribution in [3.05, 3.63) is 22.7 Å². The molecule has 0 radical (unpaired) electrons. The summed E-state index contributed by atoms with van der Waals surface area (Å²) < 4.78 is 13.7. The lowest BCUT2D eigenvalue weighted by Crippen LogP contribution is -2.53. The Balaban J connectivity index is 2.40. The lowest BCUT2D eigenvalue weighted by atomic mass is 9.99. The van der Waals surface area contributed by atoms with Gasteiger partial charge in [-0.15, -0.1) is 0 Å². The van der Waals surface area contributed by atoms with Gasteiger partial charge in [-0.25, -0.2) is 4.79 Å². The molecule has 1 saturated heterocycles. The highest BCUT2D eigenvalue weighted by atomic mass is 28.4. The van der Waals surface area contributed by atoms with Gasteiger partial charge in [0.15, 0.2) is 13.9 Å². The maximum absolute atomic E-state index is 12.1. The van der Waals surface area contributed by atoms with Crippen molar-refractivity contribution in [3.63, 3.8) is 0 Å². The number of nitrogens with two attached hydrogens (primary N) is 1. The van der Waals surface area contributed by atoms with E-state index in [0.717, 1.165) is 6.21 Å². The Kier molecular flexibility index (Phi) is 5.62. The van der Waals surface area contributed by atoms with Gasteiger partial charge in [-0.1, -0.05) is 25.9 Å². The predicted molar refractivity (Wildman–Crippen MR) is 99.8 cm³/mol. The van der Waals surface area contributed by atoms with Crippen molar-refractivity contribution in [2.24, 2.45) is 5.16 Å². The second-order valence-electron chi connectivity index (χ2n) is 8.07. The van der Waals surface area contributed by atoms with E-state index in [1.165, 1.54) is 16.8 Å². The third-order valence-electron chi connectivity index (χ3n) is 5.24. The summed E-state index contributed by atoms with van der Waals surface area (Å²) in [7, 11) is -2.21. The Labute approximate surface area is 153 Å². The first kappa shape index (κ1) is 20.6.